The van der Waals surface area contributed by atoms with Crippen LogP contribution in [0.3, 0.4) is 0 Å². The summed E-state index contributed by atoms with van der Waals surface area (Å²) in [5, 5.41) is 2.98. The smallest absolute Gasteiger partial charge is 0.258 e. The first kappa shape index (κ1) is 23.0. The zero-order valence-corrected chi connectivity index (χ0v) is 20.6. The van der Waals surface area contributed by atoms with Crippen molar-refractivity contribution in [2.24, 2.45) is 0 Å². The number of ether oxygens (including phenoxy) is 2. The van der Waals surface area contributed by atoms with Crippen LogP contribution in [0.4, 0.5) is 0 Å². The van der Waals surface area contributed by atoms with Crippen LogP contribution in [0.15, 0.2) is 46.7 Å². The first-order chi connectivity index (χ1) is 16.6. The molecular formula is C27H31N3O3S. The number of hydrogen-bond acceptors (Lipinski definition) is 6. The SMILES string of the molecule is CCc1csc(COc2ccn(C3=Cc4ccc(CN(C)[C@@H]5CCOC5)cc4CC3)c(=O)c2)n1. The maximum atomic E-state index is 12.8. The summed E-state index contributed by atoms with van der Waals surface area (Å²) in [4.78, 5) is 19.7. The second-order valence-electron chi connectivity index (χ2n) is 9.05. The molecule has 2 aromatic heterocycles. The normalized spacial score (nSPS) is 17.6. The van der Waals surface area contributed by atoms with Gasteiger partial charge in [0.1, 0.15) is 17.4 Å². The minimum atomic E-state index is -0.0717. The Morgan fingerprint density at radius 3 is 2.94 bits per heavy atom. The Bertz CT molecular complexity index is 1240. The molecule has 3 aromatic rings. The Morgan fingerprint density at radius 2 is 2.18 bits per heavy atom. The molecule has 1 atom stereocenters. The molecule has 7 heteroatoms. The highest BCUT2D eigenvalue weighted by Gasteiger charge is 2.21. The van der Waals surface area contributed by atoms with Gasteiger partial charge in [-0.15, -0.1) is 11.3 Å². The molecule has 6 nitrogen and oxygen atoms in total. The maximum absolute atomic E-state index is 12.8. The second kappa shape index (κ2) is 10.3. The van der Waals surface area contributed by atoms with Gasteiger partial charge < -0.3 is 9.47 Å². The fraction of sp³-hybridized carbons (Fsp3) is 0.407. The molecule has 0 unspecified atom stereocenters. The Balaban J connectivity index is 1.26. The second-order valence-corrected chi connectivity index (χ2v) is 9.99. The number of nitrogens with zero attached hydrogens (tertiary/aromatic N) is 3. The van der Waals surface area contributed by atoms with Crippen molar-refractivity contribution in [3.8, 4) is 5.75 Å². The van der Waals surface area contributed by atoms with Crippen molar-refractivity contribution in [3.63, 3.8) is 0 Å². The van der Waals surface area contributed by atoms with E-state index in [0.29, 0.717) is 18.4 Å². The summed E-state index contributed by atoms with van der Waals surface area (Å²) in [7, 11) is 2.18. The monoisotopic (exact) mass is 477 g/mol. The van der Waals surface area contributed by atoms with Gasteiger partial charge in [-0.25, -0.2) is 4.98 Å². The molecular weight excluding hydrogens is 446 g/mol. The van der Waals surface area contributed by atoms with Gasteiger partial charge in [-0.1, -0.05) is 25.1 Å². The third-order valence-corrected chi connectivity index (χ3v) is 7.54. The van der Waals surface area contributed by atoms with Crippen molar-refractivity contribution in [1.82, 2.24) is 14.5 Å². The summed E-state index contributed by atoms with van der Waals surface area (Å²) in [6, 6.07) is 10.6. The van der Waals surface area contributed by atoms with Crippen LogP contribution in [0, 0.1) is 0 Å². The zero-order chi connectivity index (χ0) is 23.5. The van der Waals surface area contributed by atoms with Crippen molar-refractivity contribution in [3.05, 3.63) is 79.7 Å². The first-order valence-electron chi connectivity index (χ1n) is 12.0. The Morgan fingerprint density at radius 1 is 1.26 bits per heavy atom. The maximum Gasteiger partial charge on any atom is 0.258 e. The van der Waals surface area contributed by atoms with Crippen LogP contribution in [-0.2, 0) is 30.7 Å². The molecule has 0 N–H and O–H groups in total. The molecule has 0 saturated carbocycles. The average molecular weight is 478 g/mol. The highest BCUT2D eigenvalue weighted by molar-refractivity contribution is 7.09. The van der Waals surface area contributed by atoms with E-state index < -0.39 is 0 Å². The van der Waals surface area contributed by atoms with Crippen molar-refractivity contribution in [2.45, 2.75) is 51.8 Å². The number of rotatable bonds is 8. The summed E-state index contributed by atoms with van der Waals surface area (Å²) in [5.41, 5.74) is 5.89. The largest absolute Gasteiger partial charge is 0.486 e. The summed E-state index contributed by atoms with van der Waals surface area (Å²) < 4.78 is 13.1. The molecule has 1 aliphatic heterocycles. The minimum absolute atomic E-state index is 0.0717. The van der Waals surface area contributed by atoms with Crippen LogP contribution in [-0.4, -0.2) is 40.8 Å². The predicted octanol–water partition coefficient (Wildman–Crippen LogP) is 4.61. The van der Waals surface area contributed by atoms with Crippen LogP contribution in [0.25, 0.3) is 11.8 Å². The van der Waals surface area contributed by atoms with Gasteiger partial charge in [-0.05, 0) is 61.6 Å². The van der Waals surface area contributed by atoms with Crippen molar-refractivity contribution < 1.29 is 9.47 Å². The molecule has 1 saturated heterocycles. The van der Waals surface area contributed by atoms with Gasteiger partial charge in [0.2, 0.25) is 0 Å². The zero-order valence-electron chi connectivity index (χ0n) is 19.8. The topological polar surface area (TPSA) is 56.6 Å². The van der Waals surface area contributed by atoms with Gasteiger partial charge in [-0.3, -0.25) is 14.3 Å². The number of allylic oxidation sites excluding steroid dienone is 1. The number of aryl methyl sites for hydroxylation is 2. The van der Waals surface area contributed by atoms with E-state index in [0.717, 1.165) is 61.8 Å². The predicted molar refractivity (Wildman–Crippen MR) is 136 cm³/mol. The molecule has 0 spiro atoms. The quantitative estimate of drug-likeness (QED) is 0.474. The Kier molecular flexibility index (Phi) is 6.94. The summed E-state index contributed by atoms with van der Waals surface area (Å²) in [5.74, 6) is 0.577. The molecule has 1 fully saturated rings. The lowest BCUT2D eigenvalue weighted by Gasteiger charge is -2.24. The van der Waals surface area contributed by atoms with E-state index >= 15 is 0 Å². The van der Waals surface area contributed by atoms with E-state index in [-0.39, 0.29) is 5.56 Å². The van der Waals surface area contributed by atoms with Crippen molar-refractivity contribution in [1.29, 1.82) is 0 Å². The number of thiazole rings is 1. The van der Waals surface area contributed by atoms with E-state index in [9.17, 15) is 4.79 Å². The van der Waals surface area contributed by atoms with Gasteiger partial charge in [-0.2, -0.15) is 0 Å². The third-order valence-electron chi connectivity index (χ3n) is 6.67. The van der Waals surface area contributed by atoms with Crippen molar-refractivity contribution in [2.75, 3.05) is 20.3 Å². The Hall–Kier alpha value is -2.74. The molecule has 1 aromatic carbocycles. The number of fused-ring (bicyclic) bond motifs is 1. The lowest BCUT2D eigenvalue weighted by atomic mass is 9.93. The fourth-order valence-electron chi connectivity index (χ4n) is 4.62. The first-order valence-corrected chi connectivity index (χ1v) is 12.9. The molecule has 34 heavy (non-hydrogen) atoms. The molecule has 5 rings (SSSR count). The van der Waals surface area contributed by atoms with Gasteiger partial charge in [0.25, 0.3) is 5.56 Å². The molecule has 0 radical (unpaired) electrons. The van der Waals surface area contributed by atoms with Gasteiger partial charge in [0.05, 0.1) is 12.3 Å². The van der Waals surface area contributed by atoms with Crippen molar-refractivity contribution >= 4 is 23.1 Å². The third kappa shape index (κ3) is 5.17. The van der Waals surface area contributed by atoms with E-state index in [1.165, 1.54) is 16.7 Å². The fourth-order valence-corrected chi connectivity index (χ4v) is 5.40. The molecule has 178 valence electrons. The molecule has 1 aliphatic carbocycles. The average Bonchev–Trinajstić information content (AvgIpc) is 3.55. The highest BCUT2D eigenvalue weighted by atomic mass is 32.1. The lowest BCUT2D eigenvalue weighted by molar-refractivity contribution is 0.156. The van der Waals surface area contributed by atoms with Crippen LogP contribution < -0.4 is 10.3 Å². The molecule has 0 bridgehead atoms. The van der Waals surface area contributed by atoms with Crippen LogP contribution in [0.1, 0.15) is 47.2 Å². The summed E-state index contributed by atoms with van der Waals surface area (Å²) in [6.07, 6.45) is 7.75. The van der Waals surface area contributed by atoms with Gasteiger partial charge in [0.15, 0.2) is 0 Å². The number of pyridine rings is 1. The number of aromatic nitrogens is 2. The minimum Gasteiger partial charge on any atom is -0.486 e. The van der Waals surface area contributed by atoms with Crippen LogP contribution in [0.5, 0.6) is 5.75 Å². The van der Waals surface area contributed by atoms with E-state index in [2.05, 4.69) is 53.5 Å². The van der Waals surface area contributed by atoms with E-state index in [1.54, 1.807) is 22.0 Å². The van der Waals surface area contributed by atoms with E-state index in [1.807, 2.05) is 12.3 Å². The number of likely N-dealkylation sites (N-methyl/N-ethyl adjacent to an activating group) is 1. The Labute approximate surface area is 204 Å². The number of hydrogen-bond donors (Lipinski definition) is 0. The summed E-state index contributed by atoms with van der Waals surface area (Å²) in [6.45, 7) is 5.10. The highest BCUT2D eigenvalue weighted by Crippen LogP contribution is 2.28. The molecule has 3 heterocycles. The van der Waals surface area contributed by atoms with Crippen LogP contribution in [0.2, 0.25) is 0 Å². The van der Waals surface area contributed by atoms with E-state index in [4.69, 9.17) is 9.47 Å². The standard InChI is InChI=1S/C27H31N3O3S/c1-3-22-18-34-26(28-22)17-33-25-8-10-30(27(31)14-25)23-7-6-20-12-19(4-5-21(20)13-23)15-29(2)24-9-11-32-16-24/h4-5,8,10,12-14,18,24H,3,6-7,9,11,15-17H2,1-2H3/t24-/m1/s1. The lowest BCUT2D eigenvalue weighted by Crippen LogP contribution is -2.31. The summed E-state index contributed by atoms with van der Waals surface area (Å²) >= 11 is 1.59. The molecule has 0 amide bonds. The van der Waals surface area contributed by atoms with Crippen LogP contribution >= 0.6 is 11.3 Å². The van der Waals surface area contributed by atoms with Gasteiger partial charge in [0, 0.05) is 42.5 Å². The number of benzene rings is 1. The molecule has 2 aliphatic rings. The van der Waals surface area contributed by atoms with Gasteiger partial charge >= 0.3 is 0 Å².